The molecule has 3 fully saturated rings. The molecule has 0 radical (unpaired) electrons. The van der Waals surface area contributed by atoms with E-state index in [1.807, 2.05) is 0 Å². The summed E-state index contributed by atoms with van der Waals surface area (Å²) in [6.07, 6.45) is 10.8. The number of fused-ring (bicyclic) bond motifs is 1. The lowest BCUT2D eigenvalue weighted by Crippen LogP contribution is -2.51. The van der Waals surface area contributed by atoms with Crippen LogP contribution in [0.5, 0.6) is 0 Å². The van der Waals surface area contributed by atoms with Crippen molar-refractivity contribution in [3.63, 3.8) is 0 Å². The molecule has 1 amide bonds. The lowest BCUT2D eigenvalue weighted by Gasteiger charge is -2.44. The van der Waals surface area contributed by atoms with Gasteiger partial charge in [-0.1, -0.05) is 19.8 Å². The van der Waals surface area contributed by atoms with Gasteiger partial charge in [0, 0.05) is 42.5 Å². The van der Waals surface area contributed by atoms with Crippen molar-refractivity contribution in [3.05, 3.63) is 24.3 Å². The van der Waals surface area contributed by atoms with Crippen LogP contribution < -0.4 is 0 Å². The molecule has 1 aromatic rings. The van der Waals surface area contributed by atoms with Crippen LogP contribution >= 0.6 is 0 Å². The van der Waals surface area contributed by atoms with Gasteiger partial charge in [0.15, 0.2) is 0 Å². The second-order valence-electron chi connectivity index (χ2n) is 7.46. The lowest BCUT2D eigenvalue weighted by molar-refractivity contribution is 0.0577. The number of likely N-dealkylation sites (tertiary alicyclic amines) is 2. The van der Waals surface area contributed by atoms with Crippen LogP contribution in [0.3, 0.4) is 0 Å². The molecule has 1 aromatic heterocycles. The third-order valence-electron chi connectivity index (χ3n) is 6.21. The quantitative estimate of drug-likeness (QED) is 0.795. The van der Waals surface area contributed by atoms with E-state index in [1.165, 1.54) is 25.6 Å². The molecule has 3 aliphatic rings. The highest BCUT2D eigenvalue weighted by Crippen LogP contribution is 2.53. The maximum absolute atomic E-state index is 13.1. The van der Waals surface area contributed by atoms with Crippen LogP contribution in [0.15, 0.2) is 18.7 Å². The average Bonchev–Trinajstić information content (AvgIpc) is 2.64. The summed E-state index contributed by atoms with van der Waals surface area (Å²) in [5.74, 6) is 0.121. The van der Waals surface area contributed by atoms with Crippen molar-refractivity contribution < 1.29 is 4.79 Å². The van der Waals surface area contributed by atoms with Gasteiger partial charge in [-0.2, -0.15) is 0 Å². The molecule has 0 unspecified atom stereocenters. The normalized spacial score (nSPS) is 37.9. The summed E-state index contributed by atoms with van der Waals surface area (Å²) < 4.78 is 0. The highest BCUT2D eigenvalue weighted by atomic mass is 16.2. The molecular weight excluding hydrogens is 276 g/mol. The topological polar surface area (TPSA) is 49.3 Å². The number of carbonyl (C=O) groups excluding carboxylic acids is 1. The predicted octanol–water partition coefficient (Wildman–Crippen LogP) is 1.95. The SMILES string of the molecule is CN1C[C@@H]2C[C@@]3(C)[C@H](CCCC[C@@H]13)N2C(=O)c1cncnc1. The first-order valence-corrected chi connectivity index (χ1v) is 8.39. The Morgan fingerprint density at radius 1 is 1.23 bits per heavy atom. The molecular formula is C17H24N4O. The Balaban J connectivity index is 1.73. The van der Waals surface area contributed by atoms with Gasteiger partial charge in [-0.25, -0.2) is 9.97 Å². The maximum Gasteiger partial charge on any atom is 0.257 e. The molecule has 2 bridgehead atoms. The first-order valence-electron chi connectivity index (χ1n) is 8.39. The fourth-order valence-electron chi connectivity index (χ4n) is 5.35. The first kappa shape index (κ1) is 14.1. The highest BCUT2D eigenvalue weighted by molar-refractivity contribution is 5.94. The molecule has 0 N–H and O–H groups in total. The largest absolute Gasteiger partial charge is 0.331 e. The summed E-state index contributed by atoms with van der Waals surface area (Å²) in [4.78, 5) is 25.8. The summed E-state index contributed by atoms with van der Waals surface area (Å²) in [5.41, 5.74) is 0.863. The molecule has 0 spiro atoms. The van der Waals surface area contributed by atoms with E-state index in [-0.39, 0.29) is 11.3 Å². The van der Waals surface area contributed by atoms with E-state index in [0.717, 1.165) is 19.4 Å². The van der Waals surface area contributed by atoms with E-state index < -0.39 is 0 Å². The molecule has 3 heterocycles. The van der Waals surface area contributed by atoms with Gasteiger partial charge in [0.05, 0.1) is 5.56 Å². The maximum atomic E-state index is 13.1. The smallest absolute Gasteiger partial charge is 0.257 e. The molecule has 5 nitrogen and oxygen atoms in total. The van der Waals surface area contributed by atoms with Crippen LogP contribution in [0.25, 0.3) is 0 Å². The Labute approximate surface area is 131 Å². The van der Waals surface area contributed by atoms with E-state index in [1.54, 1.807) is 12.4 Å². The molecule has 2 saturated heterocycles. The monoisotopic (exact) mass is 300 g/mol. The van der Waals surface area contributed by atoms with Gasteiger partial charge in [0.2, 0.25) is 0 Å². The Morgan fingerprint density at radius 2 is 1.91 bits per heavy atom. The molecule has 5 heteroatoms. The van der Waals surface area contributed by atoms with Crippen molar-refractivity contribution in [1.82, 2.24) is 19.8 Å². The minimum absolute atomic E-state index is 0.121. The highest BCUT2D eigenvalue weighted by Gasteiger charge is 2.59. The van der Waals surface area contributed by atoms with E-state index in [2.05, 4.69) is 33.7 Å². The van der Waals surface area contributed by atoms with Crippen LogP contribution in [0.2, 0.25) is 0 Å². The van der Waals surface area contributed by atoms with Crippen molar-refractivity contribution in [2.45, 2.75) is 57.2 Å². The van der Waals surface area contributed by atoms with Crippen LogP contribution in [-0.4, -0.2) is 57.4 Å². The van der Waals surface area contributed by atoms with E-state index in [0.29, 0.717) is 23.7 Å². The number of aromatic nitrogens is 2. The van der Waals surface area contributed by atoms with Gasteiger partial charge in [-0.3, -0.25) is 4.79 Å². The zero-order chi connectivity index (χ0) is 15.3. The summed E-state index contributed by atoms with van der Waals surface area (Å²) in [6, 6.07) is 1.31. The van der Waals surface area contributed by atoms with Crippen molar-refractivity contribution in [3.8, 4) is 0 Å². The molecule has 4 rings (SSSR count). The van der Waals surface area contributed by atoms with Gasteiger partial charge < -0.3 is 9.80 Å². The Kier molecular flexibility index (Phi) is 3.22. The third kappa shape index (κ3) is 1.91. The molecule has 118 valence electrons. The minimum atomic E-state index is 0.121. The van der Waals surface area contributed by atoms with E-state index in [9.17, 15) is 4.79 Å². The number of nitrogens with zero attached hydrogens (tertiary/aromatic N) is 4. The summed E-state index contributed by atoms with van der Waals surface area (Å²) in [7, 11) is 2.23. The molecule has 22 heavy (non-hydrogen) atoms. The second-order valence-corrected chi connectivity index (χ2v) is 7.46. The fourth-order valence-corrected chi connectivity index (χ4v) is 5.35. The zero-order valence-corrected chi connectivity index (χ0v) is 13.4. The van der Waals surface area contributed by atoms with Gasteiger partial charge >= 0.3 is 0 Å². The number of piperidine rings is 1. The molecule has 1 aliphatic carbocycles. The number of rotatable bonds is 1. The van der Waals surface area contributed by atoms with Gasteiger partial charge in [0.1, 0.15) is 6.33 Å². The average molecular weight is 300 g/mol. The second kappa shape index (κ2) is 5.01. The van der Waals surface area contributed by atoms with Crippen LogP contribution in [0, 0.1) is 5.41 Å². The Morgan fingerprint density at radius 3 is 2.64 bits per heavy atom. The van der Waals surface area contributed by atoms with Crippen LogP contribution in [0.1, 0.15) is 49.4 Å². The number of hydrogen-bond donors (Lipinski definition) is 0. The number of hydrogen-bond acceptors (Lipinski definition) is 4. The third-order valence-corrected chi connectivity index (χ3v) is 6.21. The number of carbonyl (C=O) groups is 1. The first-order chi connectivity index (χ1) is 10.6. The standard InChI is InChI=1S/C17H24N4O/c1-17-7-13-10-20(2)14(17)5-3-4-6-15(17)21(13)16(22)12-8-18-11-19-9-12/h8-9,11,13-15H,3-7,10H2,1-2H3/t13-,14+,15-,17+/m0/s1. The van der Waals surface area contributed by atoms with Crippen molar-refractivity contribution in [2.24, 2.45) is 5.41 Å². The summed E-state index contributed by atoms with van der Waals surface area (Å²) >= 11 is 0. The molecule has 1 saturated carbocycles. The molecule has 4 atom stereocenters. The van der Waals surface area contributed by atoms with Crippen molar-refractivity contribution in [2.75, 3.05) is 13.6 Å². The Hall–Kier alpha value is -1.49. The Bertz CT molecular complexity index is 577. The van der Waals surface area contributed by atoms with Crippen molar-refractivity contribution >= 4 is 5.91 Å². The molecule has 2 aliphatic heterocycles. The molecule has 0 aromatic carbocycles. The fraction of sp³-hybridized carbons (Fsp3) is 0.706. The van der Waals surface area contributed by atoms with E-state index >= 15 is 0 Å². The summed E-state index contributed by atoms with van der Waals surface area (Å²) in [5, 5.41) is 0. The van der Waals surface area contributed by atoms with Crippen molar-refractivity contribution in [1.29, 1.82) is 0 Å². The number of likely N-dealkylation sites (N-methyl/N-ethyl adjacent to an activating group) is 1. The lowest BCUT2D eigenvalue weighted by atomic mass is 9.71. The van der Waals surface area contributed by atoms with Gasteiger partial charge in [-0.05, 0) is 26.3 Å². The van der Waals surface area contributed by atoms with Gasteiger partial charge in [-0.15, -0.1) is 0 Å². The zero-order valence-electron chi connectivity index (χ0n) is 13.4. The van der Waals surface area contributed by atoms with Gasteiger partial charge in [0.25, 0.3) is 5.91 Å². The summed E-state index contributed by atoms with van der Waals surface area (Å²) in [6.45, 7) is 3.40. The minimum Gasteiger partial charge on any atom is -0.331 e. The van der Waals surface area contributed by atoms with Crippen LogP contribution in [0.4, 0.5) is 0 Å². The van der Waals surface area contributed by atoms with Crippen LogP contribution in [-0.2, 0) is 0 Å². The van der Waals surface area contributed by atoms with E-state index in [4.69, 9.17) is 0 Å². The predicted molar refractivity (Wildman–Crippen MR) is 83.4 cm³/mol. The number of amides is 1.